The van der Waals surface area contributed by atoms with Crippen molar-refractivity contribution in [3.05, 3.63) is 65.7 Å². The number of benzene rings is 2. The lowest BCUT2D eigenvalue weighted by Gasteiger charge is -2.33. The number of nitrogens with one attached hydrogen (secondary N) is 1. The molecule has 3 N–H and O–H groups in total. The fraction of sp³-hybridized carbons (Fsp3) is 0.370. The van der Waals surface area contributed by atoms with E-state index in [4.69, 9.17) is 15.9 Å². The summed E-state index contributed by atoms with van der Waals surface area (Å²) in [6, 6.07) is 13.7. The molecule has 2 aromatic carbocycles. The number of likely N-dealkylation sites (tertiary alicyclic amines) is 1. The summed E-state index contributed by atoms with van der Waals surface area (Å²) in [5.41, 5.74) is 7.18. The molecule has 0 atom stereocenters. The molecule has 11 heteroatoms. The van der Waals surface area contributed by atoms with Gasteiger partial charge in [0.25, 0.3) is 0 Å². The molecule has 2 heterocycles. The molecule has 10 nitrogen and oxygen atoms in total. The van der Waals surface area contributed by atoms with Crippen molar-refractivity contribution in [1.29, 1.82) is 5.41 Å². The Morgan fingerprint density at radius 2 is 1.95 bits per heavy atom. The maximum atomic E-state index is 12.8. The number of aliphatic imine (C=N–C) groups is 1. The summed E-state index contributed by atoms with van der Waals surface area (Å²) in [6.07, 6.45) is 7.39. The van der Waals surface area contributed by atoms with Gasteiger partial charge >= 0.3 is 16.3 Å². The van der Waals surface area contributed by atoms with Gasteiger partial charge in [-0.05, 0) is 42.3 Å². The van der Waals surface area contributed by atoms with Crippen LogP contribution in [0.3, 0.4) is 0 Å². The number of amidine groups is 2. The molecule has 1 saturated heterocycles. The number of hydrogen-bond donors (Lipinski definition) is 2. The minimum Gasteiger partial charge on any atom is -0.490 e. The Kier molecular flexibility index (Phi) is 8.67. The first-order valence-electron chi connectivity index (χ1n) is 12.6. The van der Waals surface area contributed by atoms with Crippen molar-refractivity contribution in [2.24, 2.45) is 10.7 Å². The van der Waals surface area contributed by atoms with Crippen LogP contribution in [0.5, 0.6) is 5.75 Å². The highest BCUT2D eigenvalue weighted by molar-refractivity contribution is 7.88. The third-order valence-corrected chi connectivity index (χ3v) is 7.70. The zero-order chi connectivity index (χ0) is 27.1. The third kappa shape index (κ3) is 7.12. The van der Waals surface area contributed by atoms with Gasteiger partial charge in [-0.3, -0.25) is 15.2 Å². The summed E-state index contributed by atoms with van der Waals surface area (Å²) in [5, 5.41) is 7.58. The highest BCUT2D eigenvalue weighted by atomic mass is 32.2. The lowest BCUT2D eigenvalue weighted by Crippen LogP contribution is -2.41. The molecule has 0 spiro atoms. The van der Waals surface area contributed by atoms with Gasteiger partial charge in [0.2, 0.25) is 0 Å². The summed E-state index contributed by atoms with van der Waals surface area (Å²) in [7, 11) is -4.38. The Morgan fingerprint density at radius 1 is 1.21 bits per heavy atom. The Bertz CT molecular complexity index is 1320. The monoisotopic (exact) mass is 539 g/mol. The predicted molar refractivity (Wildman–Crippen MR) is 148 cm³/mol. The summed E-state index contributed by atoms with van der Waals surface area (Å²) in [4.78, 5) is 18.4. The van der Waals surface area contributed by atoms with Crippen molar-refractivity contribution in [2.75, 3.05) is 30.5 Å². The molecule has 0 saturated carbocycles. The number of hydrogen-bond acceptors (Lipinski definition) is 8. The minimum atomic E-state index is -4.38. The highest BCUT2D eigenvalue weighted by Gasteiger charge is 2.26. The quantitative estimate of drug-likeness (QED) is 0.368. The van der Waals surface area contributed by atoms with Crippen molar-refractivity contribution >= 4 is 39.7 Å². The van der Waals surface area contributed by atoms with Gasteiger partial charge in [-0.15, -0.1) is 0 Å². The molecule has 0 amide bonds. The van der Waals surface area contributed by atoms with Crippen molar-refractivity contribution < 1.29 is 22.1 Å². The number of anilines is 1. The van der Waals surface area contributed by atoms with Gasteiger partial charge in [0.15, 0.2) is 0 Å². The van der Waals surface area contributed by atoms with Crippen LogP contribution >= 0.6 is 0 Å². The van der Waals surface area contributed by atoms with E-state index in [2.05, 4.69) is 14.1 Å². The van der Waals surface area contributed by atoms with Gasteiger partial charge in [0.05, 0.1) is 18.1 Å². The second-order valence-electron chi connectivity index (χ2n) is 9.20. The van der Waals surface area contributed by atoms with Gasteiger partial charge in [0, 0.05) is 51.4 Å². The first-order chi connectivity index (χ1) is 18.2. The fourth-order valence-corrected chi connectivity index (χ4v) is 5.55. The second-order valence-corrected chi connectivity index (χ2v) is 10.7. The van der Waals surface area contributed by atoms with Crippen LogP contribution in [0.2, 0.25) is 0 Å². The number of nitrogens with two attached hydrogens (primary N) is 1. The van der Waals surface area contributed by atoms with Crippen LogP contribution in [-0.2, 0) is 19.3 Å². The van der Waals surface area contributed by atoms with Crippen molar-refractivity contribution in [3.8, 4) is 5.75 Å². The number of rotatable bonds is 9. The first-order valence-corrected chi connectivity index (χ1v) is 14.0. The molecule has 1 fully saturated rings. The Labute approximate surface area is 223 Å². The summed E-state index contributed by atoms with van der Waals surface area (Å²) < 4.78 is 37.5. The van der Waals surface area contributed by atoms with Crippen molar-refractivity contribution in [3.63, 3.8) is 0 Å². The summed E-state index contributed by atoms with van der Waals surface area (Å²) in [5.74, 6) is 0.868. The van der Waals surface area contributed by atoms with Crippen LogP contribution in [-0.4, -0.2) is 63.2 Å². The SMILES string of the molecule is CC(=O)OS(=O)(=O)N(C/C=C/c1cccc(C(=N)N)c1)c1ccc(OC2CCN(C3=NCCC3)CC2)cc1. The minimum absolute atomic E-state index is 0.0598. The van der Waals surface area contributed by atoms with Gasteiger partial charge in [-0.2, -0.15) is 8.42 Å². The number of piperidine rings is 1. The van der Waals surface area contributed by atoms with E-state index in [1.165, 1.54) is 5.84 Å². The molecule has 2 aromatic rings. The van der Waals surface area contributed by atoms with Crippen LogP contribution in [0.25, 0.3) is 6.08 Å². The molecule has 0 unspecified atom stereocenters. The lowest BCUT2D eigenvalue weighted by atomic mass is 10.1. The average molecular weight is 540 g/mol. The van der Waals surface area contributed by atoms with Crippen molar-refractivity contribution in [1.82, 2.24) is 4.90 Å². The zero-order valence-corrected chi connectivity index (χ0v) is 22.2. The van der Waals surface area contributed by atoms with Gasteiger partial charge in [-0.25, -0.2) is 4.31 Å². The molecule has 0 radical (unpaired) electrons. The summed E-state index contributed by atoms with van der Waals surface area (Å²) >= 11 is 0. The molecular formula is C27H33N5O5S. The standard InChI is InChI=1S/C27H33N5O5S/c1-20(33)37-38(34,35)32(16-4-6-21-5-2-7-22(19-21)27(28)29)23-9-11-24(12-10-23)36-25-13-17-31(18-14-25)26-8-3-15-30-26/h2,4-7,9-12,19,25H,3,8,13-18H2,1H3,(H3,28,29)/b6-4+. The van der Waals surface area contributed by atoms with Gasteiger partial charge in [-0.1, -0.05) is 30.4 Å². The van der Waals surface area contributed by atoms with E-state index < -0.39 is 16.3 Å². The van der Waals surface area contributed by atoms with Crippen LogP contribution < -0.4 is 14.8 Å². The van der Waals surface area contributed by atoms with E-state index >= 15 is 0 Å². The molecule has 38 heavy (non-hydrogen) atoms. The predicted octanol–water partition coefficient (Wildman–Crippen LogP) is 3.33. The van der Waals surface area contributed by atoms with Crippen LogP contribution in [0.4, 0.5) is 5.69 Å². The zero-order valence-electron chi connectivity index (χ0n) is 21.4. The number of nitrogens with zero attached hydrogens (tertiary/aromatic N) is 3. The Balaban J connectivity index is 1.43. The molecule has 4 rings (SSSR count). The Hall–Kier alpha value is -3.86. The summed E-state index contributed by atoms with van der Waals surface area (Å²) in [6.45, 7) is 3.71. The first kappa shape index (κ1) is 27.2. The van der Waals surface area contributed by atoms with Gasteiger partial charge in [0.1, 0.15) is 17.7 Å². The van der Waals surface area contributed by atoms with Crippen LogP contribution in [0, 0.1) is 5.41 Å². The van der Waals surface area contributed by atoms with E-state index in [-0.39, 0.29) is 18.5 Å². The normalized spacial score (nSPS) is 16.3. The molecule has 2 aliphatic heterocycles. The van der Waals surface area contributed by atoms with E-state index in [0.717, 1.165) is 62.1 Å². The molecular weight excluding hydrogens is 506 g/mol. The van der Waals surface area contributed by atoms with E-state index in [0.29, 0.717) is 17.0 Å². The van der Waals surface area contributed by atoms with E-state index in [1.54, 1.807) is 54.6 Å². The average Bonchev–Trinajstić information content (AvgIpc) is 3.42. The largest absolute Gasteiger partial charge is 0.490 e. The molecule has 0 aromatic heterocycles. The van der Waals surface area contributed by atoms with Crippen LogP contribution in [0.15, 0.2) is 59.6 Å². The third-order valence-electron chi connectivity index (χ3n) is 6.36. The van der Waals surface area contributed by atoms with Gasteiger partial charge < -0.3 is 19.6 Å². The number of carbonyl (C=O) groups is 1. The maximum Gasteiger partial charge on any atom is 0.412 e. The van der Waals surface area contributed by atoms with E-state index in [9.17, 15) is 13.2 Å². The maximum absolute atomic E-state index is 12.8. The molecule has 0 aliphatic carbocycles. The van der Waals surface area contributed by atoms with E-state index in [1.807, 2.05) is 6.07 Å². The smallest absolute Gasteiger partial charge is 0.412 e. The molecule has 0 bridgehead atoms. The number of carbonyl (C=O) groups excluding carboxylic acids is 1. The van der Waals surface area contributed by atoms with Crippen LogP contribution in [0.1, 0.15) is 43.7 Å². The molecule has 2 aliphatic rings. The lowest BCUT2D eigenvalue weighted by molar-refractivity contribution is -0.131. The fourth-order valence-electron chi connectivity index (χ4n) is 4.51. The topological polar surface area (TPSA) is 138 Å². The Morgan fingerprint density at radius 3 is 2.58 bits per heavy atom. The molecule has 202 valence electrons. The highest BCUT2D eigenvalue weighted by Crippen LogP contribution is 2.26. The second kappa shape index (κ2) is 12.1. The van der Waals surface area contributed by atoms with Crippen molar-refractivity contribution in [2.45, 2.75) is 38.7 Å². The number of ether oxygens (including phenoxy) is 1. The number of nitrogen functional groups attached to an aromatic ring is 1.